The smallest absolute Gasteiger partial charge is 0.350 e. The van der Waals surface area contributed by atoms with Crippen molar-refractivity contribution in [3.8, 4) is 17.2 Å². The fourth-order valence-corrected chi connectivity index (χ4v) is 3.12. The number of nitrogens with zero attached hydrogens (tertiary/aromatic N) is 2. The number of benzene rings is 1. The summed E-state index contributed by atoms with van der Waals surface area (Å²) in [4.78, 5) is 16.6. The summed E-state index contributed by atoms with van der Waals surface area (Å²) in [7, 11) is 6.01. The van der Waals surface area contributed by atoms with Crippen LogP contribution in [0.3, 0.4) is 0 Å². The Balaban J connectivity index is 2.23. The van der Waals surface area contributed by atoms with Crippen molar-refractivity contribution < 1.29 is 23.7 Å². The lowest BCUT2D eigenvalue weighted by atomic mass is 10.2. The molecular formula is C17H21N3O5S. The number of esters is 1. The van der Waals surface area contributed by atoms with Crippen LogP contribution in [-0.2, 0) is 11.2 Å². The van der Waals surface area contributed by atoms with Crippen LogP contribution in [0.1, 0.15) is 27.9 Å². The number of nitrogens with one attached hydrogen (secondary N) is 1. The second-order valence-electron chi connectivity index (χ2n) is 4.96. The van der Waals surface area contributed by atoms with Gasteiger partial charge in [0.05, 0.1) is 40.3 Å². The first kappa shape index (κ1) is 19.5. The van der Waals surface area contributed by atoms with E-state index in [1.165, 1.54) is 18.4 Å². The Labute approximate surface area is 155 Å². The van der Waals surface area contributed by atoms with Crippen molar-refractivity contribution in [1.82, 2.24) is 4.98 Å². The third-order valence-electron chi connectivity index (χ3n) is 3.50. The van der Waals surface area contributed by atoms with Crippen LogP contribution in [0.4, 0.5) is 5.13 Å². The highest BCUT2D eigenvalue weighted by molar-refractivity contribution is 7.17. The average molecular weight is 379 g/mol. The van der Waals surface area contributed by atoms with Gasteiger partial charge in [-0.15, -0.1) is 0 Å². The maximum absolute atomic E-state index is 11.8. The van der Waals surface area contributed by atoms with E-state index < -0.39 is 5.97 Å². The zero-order chi connectivity index (χ0) is 19.1. The lowest BCUT2D eigenvalue weighted by Crippen LogP contribution is -2.01. The van der Waals surface area contributed by atoms with Gasteiger partial charge in [-0.3, -0.25) is 5.43 Å². The molecule has 0 aliphatic carbocycles. The predicted octanol–water partition coefficient (Wildman–Crippen LogP) is 2.96. The second-order valence-corrected chi connectivity index (χ2v) is 5.96. The molecule has 1 aromatic heterocycles. The Hall–Kier alpha value is -2.81. The van der Waals surface area contributed by atoms with Crippen LogP contribution in [-0.4, -0.2) is 45.6 Å². The van der Waals surface area contributed by atoms with Crippen LogP contribution < -0.4 is 19.6 Å². The number of hydrogen-bond acceptors (Lipinski definition) is 9. The molecule has 0 aliphatic heterocycles. The molecule has 0 bridgehead atoms. The zero-order valence-corrected chi connectivity index (χ0v) is 16.1. The number of aromatic nitrogens is 1. The Morgan fingerprint density at radius 3 is 2.38 bits per heavy atom. The summed E-state index contributed by atoms with van der Waals surface area (Å²) in [6.07, 6.45) is 2.20. The molecule has 0 atom stereocenters. The molecule has 26 heavy (non-hydrogen) atoms. The van der Waals surface area contributed by atoms with E-state index in [0.29, 0.717) is 44.9 Å². The molecule has 9 heteroatoms. The number of aryl methyl sites for hydroxylation is 1. The third-order valence-corrected chi connectivity index (χ3v) is 4.49. The first-order valence-corrected chi connectivity index (χ1v) is 8.56. The molecule has 0 aliphatic rings. The average Bonchev–Trinajstić information content (AvgIpc) is 3.10. The minimum absolute atomic E-state index is 0.405. The van der Waals surface area contributed by atoms with Gasteiger partial charge < -0.3 is 18.9 Å². The molecule has 1 heterocycles. The van der Waals surface area contributed by atoms with E-state index in [1.807, 2.05) is 6.92 Å². The van der Waals surface area contributed by atoms with Crippen LogP contribution in [0, 0.1) is 0 Å². The van der Waals surface area contributed by atoms with E-state index in [1.54, 1.807) is 39.7 Å². The number of carbonyl (C=O) groups excluding carboxylic acids is 1. The largest absolute Gasteiger partial charge is 0.496 e. The molecule has 0 radical (unpaired) electrons. The third kappa shape index (κ3) is 4.23. The first-order chi connectivity index (χ1) is 12.6. The monoisotopic (exact) mass is 379 g/mol. The van der Waals surface area contributed by atoms with Crippen LogP contribution in [0.25, 0.3) is 0 Å². The Morgan fingerprint density at radius 2 is 1.81 bits per heavy atom. The van der Waals surface area contributed by atoms with E-state index in [2.05, 4.69) is 15.5 Å². The fraction of sp³-hybridized carbons (Fsp3) is 0.353. The molecule has 2 rings (SSSR count). The minimum Gasteiger partial charge on any atom is -0.496 e. The fourth-order valence-electron chi connectivity index (χ4n) is 2.20. The summed E-state index contributed by atoms with van der Waals surface area (Å²) >= 11 is 1.19. The summed E-state index contributed by atoms with van der Waals surface area (Å²) in [5, 5.41) is 4.67. The van der Waals surface area contributed by atoms with E-state index in [9.17, 15) is 4.79 Å². The number of hydrazone groups is 1. The van der Waals surface area contributed by atoms with Gasteiger partial charge in [0.15, 0.2) is 11.5 Å². The number of carbonyl (C=O) groups is 1. The van der Waals surface area contributed by atoms with Crippen molar-refractivity contribution in [2.45, 2.75) is 13.3 Å². The van der Waals surface area contributed by atoms with E-state index in [0.717, 1.165) is 0 Å². The molecule has 0 unspecified atom stereocenters. The van der Waals surface area contributed by atoms with Gasteiger partial charge in [-0.05, 0) is 12.5 Å². The van der Waals surface area contributed by atoms with Crippen molar-refractivity contribution >= 4 is 28.7 Å². The first-order valence-electron chi connectivity index (χ1n) is 7.74. The topological polar surface area (TPSA) is 91.3 Å². The standard InChI is InChI=1S/C17H21N3O5S/c1-6-11-15(16(21)25-5)26-17(19-11)20-18-9-10-7-13(23-3)14(24-4)8-12(10)22-2/h7-9H,6H2,1-5H3,(H,19,20)/b18-9-. The van der Waals surface area contributed by atoms with Crippen LogP contribution >= 0.6 is 11.3 Å². The summed E-state index contributed by atoms with van der Waals surface area (Å²) in [6.45, 7) is 1.92. The SMILES string of the molecule is CCc1nc(N/N=C\c2cc(OC)c(OC)cc2OC)sc1C(=O)OC. The van der Waals surface area contributed by atoms with Crippen molar-refractivity contribution in [1.29, 1.82) is 0 Å². The molecule has 8 nitrogen and oxygen atoms in total. The Kier molecular flexibility index (Phi) is 6.79. The van der Waals surface area contributed by atoms with Gasteiger partial charge in [0.2, 0.25) is 5.13 Å². The van der Waals surface area contributed by atoms with Crippen molar-refractivity contribution in [3.05, 3.63) is 28.3 Å². The van der Waals surface area contributed by atoms with Gasteiger partial charge in [-0.25, -0.2) is 9.78 Å². The minimum atomic E-state index is -0.405. The molecule has 140 valence electrons. The van der Waals surface area contributed by atoms with E-state index >= 15 is 0 Å². The Morgan fingerprint density at radius 1 is 1.15 bits per heavy atom. The maximum atomic E-state index is 11.8. The summed E-state index contributed by atoms with van der Waals surface area (Å²) in [5.74, 6) is 1.30. The second kappa shape index (κ2) is 9.04. The van der Waals surface area contributed by atoms with Crippen molar-refractivity contribution in [3.63, 3.8) is 0 Å². The van der Waals surface area contributed by atoms with Crippen molar-refractivity contribution in [2.75, 3.05) is 33.9 Å². The van der Waals surface area contributed by atoms with Gasteiger partial charge in [0.25, 0.3) is 0 Å². The molecule has 0 fully saturated rings. The van der Waals surface area contributed by atoms with Crippen LogP contribution in [0.2, 0.25) is 0 Å². The van der Waals surface area contributed by atoms with Gasteiger partial charge in [0, 0.05) is 11.6 Å². The van der Waals surface area contributed by atoms with Crippen LogP contribution in [0.15, 0.2) is 17.2 Å². The molecule has 0 amide bonds. The lowest BCUT2D eigenvalue weighted by molar-refractivity contribution is 0.0605. The molecule has 0 saturated heterocycles. The van der Waals surface area contributed by atoms with Crippen molar-refractivity contribution in [2.24, 2.45) is 5.10 Å². The highest BCUT2D eigenvalue weighted by Crippen LogP contribution is 2.33. The van der Waals surface area contributed by atoms with E-state index in [-0.39, 0.29) is 0 Å². The van der Waals surface area contributed by atoms with Gasteiger partial charge in [0.1, 0.15) is 10.6 Å². The number of anilines is 1. The molecule has 1 aromatic carbocycles. The van der Waals surface area contributed by atoms with E-state index in [4.69, 9.17) is 18.9 Å². The predicted molar refractivity (Wildman–Crippen MR) is 100 cm³/mol. The summed E-state index contributed by atoms with van der Waals surface area (Å²) in [5.41, 5.74) is 4.19. The highest BCUT2D eigenvalue weighted by atomic mass is 32.1. The number of methoxy groups -OCH3 is 4. The van der Waals surface area contributed by atoms with Gasteiger partial charge in [-0.2, -0.15) is 5.10 Å². The highest BCUT2D eigenvalue weighted by Gasteiger charge is 2.17. The molecule has 0 saturated carbocycles. The molecule has 2 aromatic rings. The number of rotatable bonds is 8. The molecule has 0 spiro atoms. The number of ether oxygens (including phenoxy) is 4. The number of hydrogen-bond donors (Lipinski definition) is 1. The quantitative estimate of drug-likeness (QED) is 0.428. The zero-order valence-electron chi connectivity index (χ0n) is 15.3. The molecule has 1 N–H and O–H groups in total. The van der Waals surface area contributed by atoms with Gasteiger partial charge in [-0.1, -0.05) is 18.3 Å². The van der Waals surface area contributed by atoms with Crippen LogP contribution in [0.5, 0.6) is 17.2 Å². The lowest BCUT2D eigenvalue weighted by Gasteiger charge is -2.11. The molecular weight excluding hydrogens is 358 g/mol. The van der Waals surface area contributed by atoms with Gasteiger partial charge >= 0.3 is 5.97 Å². The summed E-state index contributed by atoms with van der Waals surface area (Å²) in [6, 6.07) is 3.47. The maximum Gasteiger partial charge on any atom is 0.350 e. The summed E-state index contributed by atoms with van der Waals surface area (Å²) < 4.78 is 20.7. The Bertz CT molecular complexity index is 804. The normalized spacial score (nSPS) is 10.7. The number of thiazole rings is 1.